The molecule has 0 aliphatic heterocycles. The van der Waals surface area contributed by atoms with E-state index >= 15 is 0 Å². The number of rotatable bonds is 6. The fourth-order valence-electron chi connectivity index (χ4n) is 3.65. The number of para-hydroxylation sites is 1. The molecule has 0 radical (unpaired) electrons. The number of carbonyl (C=O) groups is 2. The van der Waals surface area contributed by atoms with Crippen LogP contribution < -0.4 is 5.46 Å². The lowest BCUT2D eigenvalue weighted by Gasteiger charge is -2.07. The van der Waals surface area contributed by atoms with Crippen LogP contribution in [0, 0.1) is 0 Å². The topological polar surface area (TPSA) is 111 Å². The van der Waals surface area contributed by atoms with Crippen LogP contribution in [0.15, 0.2) is 78.9 Å². The summed E-state index contributed by atoms with van der Waals surface area (Å²) in [5.41, 5.74) is 3.38. The second-order valence-corrected chi connectivity index (χ2v) is 7.38. The van der Waals surface area contributed by atoms with Gasteiger partial charge in [0, 0.05) is 5.56 Å². The number of methoxy groups -OCH3 is 2. The first-order valence-electron chi connectivity index (χ1n) is 10.4. The summed E-state index contributed by atoms with van der Waals surface area (Å²) in [6, 6.07) is 23.0. The lowest BCUT2D eigenvalue weighted by molar-refractivity contribution is 0.0549. The Bertz CT molecular complexity index is 1330. The van der Waals surface area contributed by atoms with E-state index < -0.39 is 19.1 Å². The maximum Gasteiger partial charge on any atom is 0.488 e. The van der Waals surface area contributed by atoms with Crippen molar-refractivity contribution in [2.75, 3.05) is 14.2 Å². The molecule has 0 saturated carbocycles. The van der Waals surface area contributed by atoms with Gasteiger partial charge in [-0.3, -0.25) is 0 Å². The highest BCUT2D eigenvalue weighted by molar-refractivity contribution is 6.58. The summed E-state index contributed by atoms with van der Waals surface area (Å²) < 4.78 is 11.3. The molecule has 9 heteroatoms. The Kier molecular flexibility index (Phi) is 6.58. The molecule has 170 valence electrons. The van der Waals surface area contributed by atoms with Crippen molar-refractivity contribution in [2.45, 2.75) is 0 Å². The molecule has 0 saturated heterocycles. The molecule has 0 atom stereocenters. The fraction of sp³-hybridized carbons (Fsp3) is 0.0800. The minimum absolute atomic E-state index is 0.00546. The van der Waals surface area contributed by atoms with Crippen molar-refractivity contribution in [1.82, 2.24) is 9.78 Å². The SMILES string of the molecule is COC(=O)c1c(-c2cccc(-c3ccc(B(O)O)cc3)c2)nn(-c2ccccc2)c1C(=O)OC. The normalized spacial score (nSPS) is 10.6. The largest absolute Gasteiger partial charge is 0.488 e. The molecule has 4 aromatic rings. The highest BCUT2D eigenvalue weighted by Crippen LogP contribution is 2.31. The molecule has 1 aromatic heterocycles. The Morgan fingerprint density at radius 1 is 0.794 bits per heavy atom. The van der Waals surface area contributed by atoms with E-state index in [1.165, 1.54) is 18.9 Å². The molecule has 8 nitrogen and oxygen atoms in total. The second kappa shape index (κ2) is 9.74. The van der Waals surface area contributed by atoms with E-state index in [2.05, 4.69) is 5.10 Å². The van der Waals surface area contributed by atoms with Crippen LogP contribution in [-0.2, 0) is 9.47 Å². The Hall–Kier alpha value is -4.21. The molecule has 1 heterocycles. The maximum absolute atomic E-state index is 12.8. The van der Waals surface area contributed by atoms with Crippen LogP contribution in [-0.4, -0.2) is 53.1 Å². The lowest BCUT2D eigenvalue weighted by atomic mass is 9.80. The number of carbonyl (C=O) groups excluding carboxylic acids is 2. The lowest BCUT2D eigenvalue weighted by Crippen LogP contribution is -2.29. The molecule has 0 aliphatic carbocycles. The zero-order chi connectivity index (χ0) is 24.2. The van der Waals surface area contributed by atoms with Crippen molar-refractivity contribution in [1.29, 1.82) is 0 Å². The number of hydrogen-bond donors (Lipinski definition) is 2. The quantitative estimate of drug-likeness (QED) is 0.339. The third-order valence-electron chi connectivity index (χ3n) is 5.33. The van der Waals surface area contributed by atoms with Crippen LogP contribution in [0.1, 0.15) is 20.8 Å². The van der Waals surface area contributed by atoms with Crippen LogP contribution in [0.2, 0.25) is 0 Å². The summed E-state index contributed by atoms with van der Waals surface area (Å²) in [7, 11) is 0.918. The van der Waals surface area contributed by atoms with E-state index in [4.69, 9.17) is 9.47 Å². The zero-order valence-corrected chi connectivity index (χ0v) is 18.5. The van der Waals surface area contributed by atoms with Crippen LogP contribution in [0.4, 0.5) is 0 Å². The predicted molar refractivity (Wildman–Crippen MR) is 127 cm³/mol. The number of ether oxygens (including phenoxy) is 2. The minimum Gasteiger partial charge on any atom is -0.465 e. The van der Waals surface area contributed by atoms with Crippen molar-refractivity contribution in [3.8, 4) is 28.1 Å². The van der Waals surface area contributed by atoms with Gasteiger partial charge in [-0.05, 0) is 34.8 Å². The van der Waals surface area contributed by atoms with Crippen molar-refractivity contribution in [2.24, 2.45) is 0 Å². The third kappa shape index (κ3) is 4.34. The molecular formula is C25H21BN2O6. The van der Waals surface area contributed by atoms with Crippen LogP contribution in [0.25, 0.3) is 28.1 Å². The number of benzene rings is 3. The first-order chi connectivity index (χ1) is 16.4. The molecule has 4 rings (SSSR count). The average Bonchev–Trinajstić information content (AvgIpc) is 3.29. The van der Waals surface area contributed by atoms with Gasteiger partial charge in [0.15, 0.2) is 5.69 Å². The van der Waals surface area contributed by atoms with Gasteiger partial charge < -0.3 is 19.5 Å². The fourth-order valence-corrected chi connectivity index (χ4v) is 3.65. The first-order valence-corrected chi connectivity index (χ1v) is 10.4. The first kappa shape index (κ1) is 23.0. The van der Waals surface area contributed by atoms with Gasteiger partial charge in [-0.25, -0.2) is 14.3 Å². The Morgan fingerprint density at radius 2 is 1.44 bits per heavy atom. The van der Waals surface area contributed by atoms with Crippen molar-refractivity contribution >= 4 is 24.5 Å². The molecule has 3 aromatic carbocycles. The van der Waals surface area contributed by atoms with Gasteiger partial charge in [-0.2, -0.15) is 5.10 Å². The van der Waals surface area contributed by atoms with E-state index in [1.807, 2.05) is 18.2 Å². The summed E-state index contributed by atoms with van der Waals surface area (Å²) >= 11 is 0. The van der Waals surface area contributed by atoms with Crippen molar-refractivity contribution < 1.29 is 29.1 Å². The van der Waals surface area contributed by atoms with Gasteiger partial charge in [0.05, 0.1) is 19.9 Å². The van der Waals surface area contributed by atoms with Gasteiger partial charge in [0.1, 0.15) is 11.3 Å². The number of nitrogens with zero attached hydrogens (tertiary/aromatic N) is 2. The monoisotopic (exact) mass is 456 g/mol. The van der Waals surface area contributed by atoms with Gasteiger partial charge in [-0.15, -0.1) is 0 Å². The predicted octanol–water partition coefficient (Wildman–Crippen LogP) is 2.46. The smallest absolute Gasteiger partial charge is 0.465 e. The van der Waals surface area contributed by atoms with E-state index in [9.17, 15) is 19.6 Å². The summed E-state index contributed by atoms with van der Waals surface area (Å²) in [5, 5.41) is 23.3. The molecule has 0 aliphatic rings. The Balaban J connectivity index is 1.91. The average molecular weight is 456 g/mol. The van der Waals surface area contributed by atoms with E-state index in [0.717, 1.165) is 11.1 Å². The maximum atomic E-state index is 12.8. The van der Waals surface area contributed by atoms with E-state index in [1.54, 1.807) is 60.7 Å². The molecule has 0 bridgehead atoms. The number of aromatic nitrogens is 2. The van der Waals surface area contributed by atoms with Gasteiger partial charge in [0.2, 0.25) is 0 Å². The van der Waals surface area contributed by atoms with Crippen LogP contribution in [0.5, 0.6) is 0 Å². The summed E-state index contributed by atoms with van der Waals surface area (Å²) in [6.07, 6.45) is 0. The molecule has 0 spiro atoms. The Labute approximate surface area is 196 Å². The van der Waals surface area contributed by atoms with Crippen LogP contribution in [0.3, 0.4) is 0 Å². The van der Waals surface area contributed by atoms with Gasteiger partial charge in [-0.1, -0.05) is 60.7 Å². The van der Waals surface area contributed by atoms with E-state index in [0.29, 0.717) is 16.7 Å². The highest BCUT2D eigenvalue weighted by Gasteiger charge is 2.31. The molecule has 34 heavy (non-hydrogen) atoms. The van der Waals surface area contributed by atoms with Crippen LogP contribution >= 0.6 is 0 Å². The standard InChI is InChI=1S/C25H21BN2O6/c1-33-24(29)21-22(27-28(23(21)25(30)34-2)20-9-4-3-5-10-20)18-8-6-7-17(15-18)16-11-13-19(14-12-16)26(31)32/h3-15,31-32H,1-2H3. The van der Waals surface area contributed by atoms with Crippen molar-refractivity contribution in [3.63, 3.8) is 0 Å². The molecule has 0 amide bonds. The van der Waals surface area contributed by atoms with Crippen molar-refractivity contribution in [3.05, 3.63) is 90.1 Å². The summed E-state index contributed by atoms with van der Waals surface area (Å²) in [4.78, 5) is 25.6. The second-order valence-electron chi connectivity index (χ2n) is 7.38. The minimum atomic E-state index is -1.55. The van der Waals surface area contributed by atoms with Gasteiger partial charge in [0.25, 0.3) is 0 Å². The zero-order valence-electron chi connectivity index (χ0n) is 18.5. The molecule has 0 fully saturated rings. The third-order valence-corrected chi connectivity index (χ3v) is 5.33. The Morgan fingerprint density at radius 3 is 2.06 bits per heavy atom. The summed E-state index contributed by atoms with van der Waals surface area (Å²) in [6.45, 7) is 0. The van der Waals surface area contributed by atoms with Gasteiger partial charge >= 0.3 is 19.1 Å². The summed E-state index contributed by atoms with van der Waals surface area (Å²) in [5.74, 6) is -1.44. The van der Waals surface area contributed by atoms with E-state index in [-0.39, 0.29) is 17.0 Å². The number of esters is 2. The number of hydrogen-bond acceptors (Lipinski definition) is 7. The molecular weight excluding hydrogens is 435 g/mol. The molecule has 2 N–H and O–H groups in total. The molecule has 0 unspecified atom stereocenters. The highest BCUT2D eigenvalue weighted by atomic mass is 16.5.